The van der Waals surface area contributed by atoms with Crippen LogP contribution >= 0.6 is 27.3 Å². The molecule has 0 radical (unpaired) electrons. The largest absolute Gasteiger partial charge is 0.371 e. The third-order valence-corrected chi connectivity index (χ3v) is 3.38. The Hall–Kier alpha value is -0.640. The molecule has 1 aromatic heterocycles. The van der Waals surface area contributed by atoms with Gasteiger partial charge in [0.15, 0.2) is 0 Å². The molecule has 0 bridgehead atoms. The van der Waals surface area contributed by atoms with Gasteiger partial charge in [-0.1, -0.05) is 34.1 Å². The Morgan fingerprint density at radius 2 is 1.87 bits per heavy atom. The monoisotopic (exact) mass is 282 g/mol. The number of halogens is 1. The summed E-state index contributed by atoms with van der Waals surface area (Å²) in [6, 6.07) is 12.3. The fourth-order valence-electron chi connectivity index (χ4n) is 1.24. The summed E-state index contributed by atoms with van der Waals surface area (Å²) in [4.78, 5) is 1.27. The lowest BCUT2D eigenvalue weighted by molar-refractivity contribution is 0.109. The van der Waals surface area contributed by atoms with Gasteiger partial charge >= 0.3 is 0 Å². The lowest BCUT2D eigenvalue weighted by Crippen LogP contribution is -1.91. The molecule has 2 rings (SSSR count). The van der Waals surface area contributed by atoms with E-state index in [0.29, 0.717) is 13.2 Å². The Bertz CT molecular complexity index is 394. The summed E-state index contributed by atoms with van der Waals surface area (Å²) >= 11 is 5.13. The zero-order valence-corrected chi connectivity index (χ0v) is 10.6. The lowest BCUT2D eigenvalue weighted by Gasteiger charge is -2.02. The second kappa shape index (κ2) is 5.45. The average molecular weight is 283 g/mol. The minimum absolute atomic E-state index is 0.672. The summed E-state index contributed by atoms with van der Waals surface area (Å²) in [6.07, 6.45) is 0. The van der Waals surface area contributed by atoms with Crippen molar-refractivity contribution in [2.75, 3.05) is 0 Å². The van der Waals surface area contributed by atoms with E-state index in [1.54, 1.807) is 11.3 Å². The normalized spacial score (nSPS) is 10.5. The predicted octanol–water partition coefficient (Wildman–Crippen LogP) is 4.23. The van der Waals surface area contributed by atoms with Gasteiger partial charge in [0.05, 0.1) is 13.2 Å². The summed E-state index contributed by atoms with van der Waals surface area (Å²) < 4.78 is 6.70. The number of benzene rings is 1. The summed E-state index contributed by atoms with van der Waals surface area (Å²) in [5.41, 5.74) is 1.20. The molecule has 0 fully saturated rings. The molecule has 1 aromatic carbocycles. The SMILES string of the molecule is Brc1ccc(COCc2cccs2)cc1. The molecule has 1 heterocycles. The van der Waals surface area contributed by atoms with Crippen molar-refractivity contribution < 1.29 is 4.74 Å². The van der Waals surface area contributed by atoms with Crippen LogP contribution in [0.25, 0.3) is 0 Å². The quantitative estimate of drug-likeness (QED) is 0.816. The van der Waals surface area contributed by atoms with Crippen LogP contribution in [0.1, 0.15) is 10.4 Å². The summed E-state index contributed by atoms with van der Waals surface area (Å²) in [6.45, 7) is 1.37. The number of thiophene rings is 1. The van der Waals surface area contributed by atoms with Gasteiger partial charge in [-0.25, -0.2) is 0 Å². The minimum atomic E-state index is 0.672. The fourth-order valence-corrected chi connectivity index (χ4v) is 2.15. The van der Waals surface area contributed by atoms with Crippen LogP contribution in [0.2, 0.25) is 0 Å². The first kappa shape index (κ1) is 10.9. The molecule has 0 saturated heterocycles. The first-order valence-electron chi connectivity index (χ1n) is 4.69. The van der Waals surface area contributed by atoms with Crippen LogP contribution in [0, 0.1) is 0 Å². The van der Waals surface area contributed by atoms with E-state index in [1.165, 1.54) is 10.4 Å². The maximum atomic E-state index is 5.60. The third kappa shape index (κ3) is 3.45. The first-order chi connectivity index (χ1) is 7.34. The van der Waals surface area contributed by atoms with Crippen LogP contribution in [0.15, 0.2) is 46.3 Å². The number of hydrogen-bond donors (Lipinski definition) is 0. The summed E-state index contributed by atoms with van der Waals surface area (Å²) in [7, 11) is 0. The molecule has 0 saturated carbocycles. The smallest absolute Gasteiger partial charge is 0.0813 e. The van der Waals surface area contributed by atoms with Crippen molar-refractivity contribution in [3.63, 3.8) is 0 Å². The van der Waals surface area contributed by atoms with E-state index < -0.39 is 0 Å². The topological polar surface area (TPSA) is 9.23 Å². The van der Waals surface area contributed by atoms with E-state index in [2.05, 4.69) is 39.5 Å². The zero-order chi connectivity index (χ0) is 10.5. The summed E-state index contributed by atoms with van der Waals surface area (Å²) in [5, 5.41) is 2.07. The second-order valence-electron chi connectivity index (χ2n) is 3.20. The van der Waals surface area contributed by atoms with Crippen LogP contribution in [0.5, 0.6) is 0 Å². The third-order valence-electron chi connectivity index (χ3n) is 2.01. The Kier molecular flexibility index (Phi) is 3.94. The standard InChI is InChI=1S/C12H11BrOS/c13-11-5-3-10(4-6-11)8-14-9-12-2-1-7-15-12/h1-7H,8-9H2. The van der Waals surface area contributed by atoms with E-state index in [9.17, 15) is 0 Å². The highest BCUT2D eigenvalue weighted by Gasteiger charge is 1.95. The maximum absolute atomic E-state index is 5.60. The Morgan fingerprint density at radius 3 is 2.53 bits per heavy atom. The van der Waals surface area contributed by atoms with Crippen LogP contribution in [-0.4, -0.2) is 0 Å². The van der Waals surface area contributed by atoms with Crippen LogP contribution in [0.4, 0.5) is 0 Å². The van der Waals surface area contributed by atoms with Gasteiger partial charge in [0.2, 0.25) is 0 Å². The lowest BCUT2D eigenvalue weighted by atomic mass is 10.2. The molecule has 0 aliphatic heterocycles. The van der Waals surface area contributed by atoms with Crippen molar-refractivity contribution in [2.45, 2.75) is 13.2 Å². The average Bonchev–Trinajstić information content (AvgIpc) is 2.74. The van der Waals surface area contributed by atoms with Crippen LogP contribution < -0.4 is 0 Å². The van der Waals surface area contributed by atoms with E-state index in [1.807, 2.05) is 18.2 Å². The highest BCUT2D eigenvalue weighted by Crippen LogP contribution is 2.13. The molecule has 0 unspecified atom stereocenters. The molecule has 15 heavy (non-hydrogen) atoms. The van der Waals surface area contributed by atoms with Gasteiger partial charge in [-0.3, -0.25) is 0 Å². The van der Waals surface area contributed by atoms with Crippen molar-refractivity contribution in [1.29, 1.82) is 0 Å². The van der Waals surface area contributed by atoms with Crippen molar-refractivity contribution in [3.8, 4) is 0 Å². The number of ether oxygens (including phenoxy) is 1. The molecule has 0 amide bonds. The van der Waals surface area contributed by atoms with Crippen molar-refractivity contribution in [3.05, 3.63) is 56.7 Å². The molecule has 0 aliphatic carbocycles. The molecule has 0 aliphatic rings. The fraction of sp³-hybridized carbons (Fsp3) is 0.167. The van der Waals surface area contributed by atoms with Gasteiger partial charge in [0.25, 0.3) is 0 Å². The molecular formula is C12H11BrOS. The van der Waals surface area contributed by atoms with Crippen LogP contribution in [-0.2, 0) is 18.0 Å². The Morgan fingerprint density at radius 1 is 1.07 bits per heavy atom. The Balaban J connectivity index is 1.81. The molecule has 1 nitrogen and oxygen atoms in total. The zero-order valence-electron chi connectivity index (χ0n) is 8.15. The van der Waals surface area contributed by atoms with Gasteiger partial charge in [-0.15, -0.1) is 11.3 Å². The maximum Gasteiger partial charge on any atom is 0.0813 e. The molecule has 3 heteroatoms. The van der Waals surface area contributed by atoms with E-state index in [4.69, 9.17) is 4.74 Å². The van der Waals surface area contributed by atoms with Gasteiger partial charge in [-0.2, -0.15) is 0 Å². The molecule has 0 N–H and O–H groups in total. The highest BCUT2D eigenvalue weighted by molar-refractivity contribution is 9.10. The second-order valence-corrected chi connectivity index (χ2v) is 5.15. The molecule has 78 valence electrons. The van der Waals surface area contributed by atoms with Gasteiger partial charge in [0.1, 0.15) is 0 Å². The minimum Gasteiger partial charge on any atom is -0.371 e. The Labute approximate surface area is 102 Å². The molecule has 0 atom stereocenters. The molecular weight excluding hydrogens is 272 g/mol. The van der Waals surface area contributed by atoms with E-state index in [0.717, 1.165) is 4.47 Å². The van der Waals surface area contributed by atoms with Crippen molar-refractivity contribution >= 4 is 27.3 Å². The molecule has 2 aromatic rings. The van der Waals surface area contributed by atoms with Crippen molar-refractivity contribution in [2.24, 2.45) is 0 Å². The predicted molar refractivity (Wildman–Crippen MR) is 67.0 cm³/mol. The van der Waals surface area contributed by atoms with Gasteiger partial charge in [0, 0.05) is 9.35 Å². The highest BCUT2D eigenvalue weighted by atomic mass is 79.9. The number of rotatable bonds is 4. The van der Waals surface area contributed by atoms with Gasteiger partial charge < -0.3 is 4.74 Å². The summed E-state index contributed by atoms with van der Waals surface area (Å²) in [5.74, 6) is 0. The van der Waals surface area contributed by atoms with Crippen molar-refractivity contribution in [1.82, 2.24) is 0 Å². The van der Waals surface area contributed by atoms with E-state index in [-0.39, 0.29) is 0 Å². The van der Waals surface area contributed by atoms with Crippen LogP contribution in [0.3, 0.4) is 0 Å². The van der Waals surface area contributed by atoms with Gasteiger partial charge in [-0.05, 0) is 29.1 Å². The first-order valence-corrected chi connectivity index (χ1v) is 6.36. The number of hydrogen-bond acceptors (Lipinski definition) is 2. The van der Waals surface area contributed by atoms with E-state index >= 15 is 0 Å². The molecule has 0 spiro atoms.